The van der Waals surface area contributed by atoms with E-state index in [0.717, 1.165) is 16.8 Å². The molecule has 140 valence electrons. The van der Waals surface area contributed by atoms with Crippen LogP contribution in [0.5, 0.6) is 0 Å². The molecule has 28 heavy (non-hydrogen) atoms. The summed E-state index contributed by atoms with van der Waals surface area (Å²) in [6.45, 7) is 1.98. The SMILES string of the molecule is CC(=O)NCc1ccc(-c2csc(NC(=O)c3ccc4ocnc4c3)n2)cc1. The summed E-state index contributed by atoms with van der Waals surface area (Å²) >= 11 is 1.36. The van der Waals surface area contributed by atoms with E-state index < -0.39 is 0 Å². The molecule has 0 bridgehead atoms. The number of nitrogens with zero attached hydrogens (tertiary/aromatic N) is 2. The van der Waals surface area contributed by atoms with E-state index in [1.807, 2.05) is 29.6 Å². The van der Waals surface area contributed by atoms with Crippen LogP contribution in [0.1, 0.15) is 22.8 Å². The second kappa shape index (κ2) is 7.61. The number of hydrogen-bond donors (Lipinski definition) is 2. The summed E-state index contributed by atoms with van der Waals surface area (Å²) in [5.74, 6) is -0.317. The lowest BCUT2D eigenvalue weighted by atomic mass is 10.1. The van der Waals surface area contributed by atoms with Gasteiger partial charge in [0.05, 0.1) is 5.69 Å². The van der Waals surface area contributed by atoms with Crippen molar-refractivity contribution in [3.63, 3.8) is 0 Å². The molecule has 2 amide bonds. The molecule has 0 saturated heterocycles. The first-order valence-electron chi connectivity index (χ1n) is 8.52. The van der Waals surface area contributed by atoms with Gasteiger partial charge in [-0.1, -0.05) is 24.3 Å². The number of hydrogen-bond acceptors (Lipinski definition) is 6. The Morgan fingerprint density at radius 1 is 1.14 bits per heavy atom. The van der Waals surface area contributed by atoms with Crippen LogP contribution in [0.25, 0.3) is 22.4 Å². The summed E-state index contributed by atoms with van der Waals surface area (Å²) < 4.78 is 5.18. The normalized spacial score (nSPS) is 10.8. The van der Waals surface area contributed by atoms with Crippen molar-refractivity contribution in [3.8, 4) is 11.3 Å². The molecular weight excluding hydrogens is 376 g/mol. The van der Waals surface area contributed by atoms with Crippen molar-refractivity contribution in [2.45, 2.75) is 13.5 Å². The van der Waals surface area contributed by atoms with E-state index in [9.17, 15) is 9.59 Å². The van der Waals surface area contributed by atoms with Crippen LogP contribution in [0, 0.1) is 0 Å². The number of anilines is 1. The van der Waals surface area contributed by atoms with Gasteiger partial charge < -0.3 is 9.73 Å². The van der Waals surface area contributed by atoms with Crippen molar-refractivity contribution in [2.75, 3.05) is 5.32 Å². The molecule has 0 fully saturated rings. The van der Waals surface area contributed by atoms with Gasteiger partial charge in [-0.25, -0.2) is 9.97 Å². The molecule has 8 heteroatoms. The number of oxazole rings is 1. The van der Waals surface area contributed by atoms with E-state index in [4.69, 9.17) is 4.42 Å². The Bertz CT molecular complexity index is 1150. The molecule has 4 aromatic rings. The monoisotopic (exact) mass is 392 g/mol. The van der Waals surface area contributed by atoms with Gasteiger partial charge in [0, 0.05) is 30.0 Å². The van der Waals surface area contributed by atoms with Crippen LogP contribution in [0.2, 0.25) is 0 Å². The minimum absolute atomic E-state index is 0.0633. The van der Waals surface area contributed by atoms with Gasteiger partial charge in [-0.2, -0.15) is 0 Å². The number of carbonyl (C=O) groups is 2. The van der Waals surface area contributed by atoms with E-state index in [0.29, 0.717) is 28.3 Å². The lowest BCUT2D eigenvalue weighted by molar-refractivity contribution is -0.119. The van der Waals surface area contributed by atoms with Gasteiger partial charge in [0.25, 0.3) is 5.91 Å². The van der Waals surface area contributed by atoms with E-state index >= 15 is 0 Å². The summed E-state index contributed by atoms with van der Waals surface area (Å²) in [7, 11) is 0. The first kappa shape index (κ1) is 17.9. The third-order valence-electron chi connectivity index (χ3n) is 4.11. The number of fused-ring (bicyclic) bond motifs is 1. The van der Waals surface area contributed by atoms with Gasteiger partial charge in [0.1, 0.15) is 5.52 Å². The molecule has 0 unspecified atom stereocenters. The van der Waals surface area contributed by atoms with E-state index in [2.05, 4.69) is 20.6 Å². The molecule has 0 radical (unpaired) electrons. The Morgan fingerprint density at radius 2 is 1.96 bits per heavy atom. The standard InChI is InChI=1S/C20H16N4O3S/c1-12(25)21-9-13-2-4-14(5-3-13)17-10-28-20(23-17)24-19(26)15-6-7-18-16(8-15)22-11-27-18/h2-8,10-11H,9H2,1H3,(H,21,25)(H,23,24,26). The Kier molecular flexibility index (Phi) is 4.86. The number of benzene rings is 2. The highest BCUT2D eigenvalue weighted by molar-refractivity contribution is 7.14. The lowest BCUT2D eigenvalue weighted by Gasteiger charge is -2.03. The van der Waals surface area contributed by atoms with Crippen molar-refractivity contribution in [1.82, 2.24) is 15.3 Å². The number of thiazole rings is 1. The van der Waals surface area contributed by atoms with Crippen LogP contribution < -0.4 is 10.6 Å². The quantitative estimate of drug-likeness (QED) is 0.538. The Balaban J connectivity index is 1.45. The number of rotatable bonds is 5. The summed E-state index contributed by atoms with van der Waals surface area (Å²) in [5, 5.41) is 7.98. The number of aromatic nitrogens is 2. The Labute approximate surface area is 164 Å². The highest BCUT2D eigenvalue weighted by Crippen LogP contribution is 2.26. The highest BCUT2D eigenvalue weighted by atomic mass is 32.1. The number of amides is 2. The van der Waals surface area contributed by atoms with E-state index in [1.165, 1.54) is 24.7 Å². The molecule has 2 heterocycles. The number of nitrogens with one attached hydrogen (secondary N) is 2. The van der Waals surface area contributed by atoms with Gasteiger partial charge in [-0.05, 0) is 23.8 Å². The largest absolute Gasteiger partial charge is 0.443 e. The van der Waals surface area contributed by atoms with Crippen molar-refractivity contribution < 1.29 is 14.0 Å². The molecule has 7 nitrogen and oxygen atoms in total. The van der Waals surface area contributed by atoms with Crippen molar-refractivity contribution in [2.24, 2.45) is 0 Å². The maximum Gasteiger partial charge on any atom is 0.257 e. The molecule has 0 atom stereocenters. The van der Waals surface area contributed by atoms with Crippen LogP contribution in [0.3, 0.4) is 0 Å². The van der Waals surface area contributed by atoms with E-state index in [-0.39, 0.29) is 11.8 Å². The van der Waals surface area contributed by atoms with Crippen LogP contribution in [-0.4, -0.2) is 21.8 Å². The van der Waals surface area contributed by atoms with Gasteiger partial charge in [-0.15, -0.1) is 11.3 Å². The molecule has 0 aliphatic rings. The third kappa shape index (κ3) is 3.91. The Morgan fingerprint density at radius 3 is 2.75 bits per heavy atom. The van der Waals surface area contributed by atoms with Crippen LogP contribution >= 0.6 is 11.3 Å². The number of carbonyl (C=O) groups excluding carboxylic acids is 2. The smallest absolute Gasteiger partial charge is 0.257 e. The van der Waals surface area contributed by atoms with Crippen LogP contribution in [-0.2, 0) is 11.3 Å². The second-order valence-corrected chi connectivity index (χ2v) is 6.99. The molecule has 0 aliphatic carbocycles. The predicted molar refractivity (Wildman–Crippen MR) is 107 cm³/mol. The fraction of sp³-hybridized carbons (Fsp3) is 0.100. The van der Waals surface area contributed by atoms with Crippen molar-refractivity contribution in [1.29, 1.82) is 0 Å². The molecular formula is C20H16N4O3S. The molecule has 2 aromatic heterocycles. The fourth-order valence-corrected chi connectivity index (χ4v) is 3.37. The highest BCUT2D eigenvalue weighted by Gasteiger charge is 2.12. The molecule has 0 aliphatic heterocycles. The summed E-state index contributed by atoms with van der Waals surface area (Å²) in [6, 6.07) is 12.8. The first-order valence-corrected chi connectivity index (χ1v) is 9.40. The predicted octanol–water partition coefficient (Wildman–Crippen LogP) is 3.84. The van der Waals surface area contributed by atoms with Crippen molar-refractivity contribution >= 4 is 39.4 Å². The zero-order valence-corrected chi connectivity index (χ0v) is 15.7. The first-order chi connectivity index (χ1) is 13.6. The van der Waals surface area contributed by atoms with Gasteiger partial charge in [0.15, 0.2) is 17.1 Å². The summed E-state index contributed by atoms with van der Waals surface area (Å²) in [5.41, 5.74) is 4.47. The zero-order chi connectivity index (χ0) is 19.5. The van der Waals surface area contributed by atoms with Crippen LogP contribution in [0.4, 0.5) is 5.13 Å². The van der Waals surface area contributed by atoms with E-state index in [1.54, 1.807) is 18.2 Å². The third-order valence-corrected chi connectivity index (χ3v) is 4.87. The van der Waals surface area contributed by atoms with Gasteiger partial charge in [-0.3, -0.25) is 14.9 Å². The average Bonchev–Trinajstić information content (AvgIpc) is 3.35. The topological polar surface area (TPSA) is 97.1 Å². The summed E-state index contributed by atoms with van der Waals surface area (Å²) in [6.07, 6.45) is 1.35. The van der Waals surface area contributed by atoms with Crippen LogP contribution in [0.15, 0.2) is 58.7 Å². The maximum absolute atomic E-state index is 12.5. The second-order valence-electron chi connectivity index (χ2n) is 6.13. The Hall–Kier alpha value is -3.52. The summed E-state index contributed by atoms with van der Waals surface area (Å²) in [4.78, 5) is 32.0. The minimum atomic E-state index is -0.253. The molecule has 2 aromatic carbocycles. The average molecular weight is 392 g/mol. The van der Waals surface area contributed by atoms with Crippen molar-refractivity contribution in [3.05, 3.63) is 65.4 Å². The molecule has 0 spiro atoms. The zero-order valence-electron chi connectivity index (χ0n) is 14.9. The van der Waals surface area contributed by atoms with Gasteiger partial charge >= 0.3 is 0 Å². The minimum Gasteiger partial charge on any atom is -0.443 e. The molecule has 2 N–H and O–H groups in total. The fourth-order valence-electron chi connectivity index (χ4n) is 2.65. The molecule has 0 saturated carbocycles. The molecule has 4 rings (SSSR count). The van der Waals surface area contributed by atoms with Gasteiger partial charge in [0.2, 0.25) is 5.91 Å². The lowest BCUT2D eigenvalue weighted by Crippen LogP contribution is -2.18. The maximum atomic E-state index is 12.5.